The summed E-state index contributed by atoms with van der Waals surface area (Å²) in [6, 6.07) is 0. The molecule has 0 N–H and O–H groups in total. The third kappa shape index (κ3) is 54.8. The van der Waals surface area contributed by atoms with Crippen molar-refractivity contribution in [1.29, 1.82) is 0 Å². The molecular formula is C83H178N6O12+6. The summed E-state index contributed by atoms with van der Waals surface area (Å²) in [5, 5.41) is 0. The number of quaternary nitrogens is 6. The number of esters is 6. The first-order chi connectivity index (χ1) is 46.6. The van der Waals surface area contributed by atoms with Gasteiger partial charge in [-0.3, -0.25) is 28.8 Å². The van der Waals surface area contributed by atoms with Crippen LogP contribution in [-0.4, -0.2) is 261 Å². The number of nitrogens with zero attached hydrogens (tertiary/aromatic N) is 6. The van der Waals surface area contributed by atoms with Crippen LogP contribution in [0.5, 0.6) is 0 Å². The van der Waals surface area contributed by atoms with Crippen molar-refractivity contribution < 1.29 is 84.1 Å². The number of unbranched alkanes of at least 4 members (excludes halogenated alkanes) is 2. The summed E-state index contributed by atoms with van der Waals surface area (Å²) < 4.78 is 38.1. The molecule has 0 saturated carbocycles. The second-order valence-corrected chi connectivity index (χ2v) is 34.2. The fourth-order valence-corrected chi connectivity index (χ4v) is 11.5. The summed E-state index contributed by atoms with van der Waals surface area (Å²) in [5.74, 6) is -0.595. The molecule has 0 aromatic heterocycles. The van der Waals surface area contributed by atoms with Crippen LogP contribution < -0.4 is 0 Å². The molecule has 0 aliphatic carbocycles. The van der Waals surface area contributed by atoms with E-state index < -0.39 is 10.8 Å². The van der Waals surface area contributed by atoms with Crippen molar-refractivity contribution in [1.82, 2.24) is 0 Å². The molecule has 0 bridgehead atoms. The van der Waals surface area contributed by atoms with Gasteiger partial charge in [0.25, 0.3) is 0 Å². The number of hydrogen-bond acceptors (Lipinski definition) is 12. The maximum absolute atomic E-state index is 11.8. The first kappa shape index (κ1) is 109. The van der Waals surface area contributed by atoms with Crippen molar-refractivity contribution in [3.05, 3.63) is 0 Å². The Labute approximate surface area is 627 Å². The molecule has 101 heavy (non-hydrogen) atoms. The minimum absolute atomic E-state index is 0.0177. The van der Waals surface area contributed by atoms with E-state index >= 15 is 0 Å². The van der Waals surface area contributed by atoms with Gasteiger partial charge < -0.3 is 55.3 Å². The number of ether oxygens (including phenoxy) is 6. The van der Waals surface area contributed by atoms with Crippen LogP contribution in [0.15, 0.2) is 0 Å². The highest BCUT2D eigenvalue weighted by atomic mass is 16.6. The lowest BCUT2D eigenvalue weighted by Crippen LogP contribution is -2.51. The minimum Gasteiger partial charge on any atom is -0.459 e. The Balaban J connectivity index is -0.000000269. The highest BCUT2D eigenvalue weighted by Crippen LogP contribution is 2.21. The molecule has 2 atom stereocenters. The van der Waals surface area contributed by atoms with E-state index in [1.807, 2.05) is 111 Å². The van der Waals surface area contributed by atoms with E-state index in [4.69, 9.17) is 28.4 Å². The van der Waals surface area contributed by atoms with Gasteiger partial charge in [-0.25, -0.2) is 0 Å². The van der Waals surface area contributed by atoms with Gasteiger partial charge in [0.05, 0.1) is 153 Å². The second kappa shape index (κ2) is 57.8. The van der Waals surface area contributed by atoms with Crippen molar-refractivity contribution >= 4 is 35.8 Å². The van der Waals surface area contributed by atoms with Crippen molar-refractivity contribution in [3.63, 3.8) is 0 Å². The van der Waals surface area contributed by atoms with Crippen LogP contribution in [-0.2, 0) is 57.2 Å². The minimum atomic E-state index is -0.393. The smallest absolute Gasteiger partial charge is 0.311 e. The van der Waals surface area contributed by atoms with E-state index in [9.17, 15) is 28.8 Å². The van der Waals surface area contributed by atoms with Gasteiger partial charge in [-0.05, 0) is 183 Å². The van der Waals surface area contributed by atoms with Gasteiger partial charge in [-0.2, -0.15) is 0 Å². The number of carbonyl (C=O) groups is 6. The summed E-state index contributed by atoms with van der Waals surface area (Å²) in [6.45, 7) is 89.7. The van der Waals surface area contributed by atoms with Crippen molar-refractivity contribution in [3.8, 4) is 0 Å². The number of likely N-dealkylation sites (N-methyl/N-ethyl adjacent to an activating group) is 6. The predicted octanol–water partition coefficient (Wildman–Crippen LogP) is 16.7. The van der Waals surface area contributed by atoms with Crippen molar-refractivity contribution in [2.45, 2.75) is 279 Å². The highest BCUT2D eigenvalue weighted by Gasteiger charge is 2.32. The molecule has 0 amide bonds. The maximum atomic E-state index is 11.8. The molecule has 0 aromatic carbocycles. The molecule has 0 aromatic rings. The standard InChI is InChI=1S/C16H34NO2.2C15H32NO2.C14H30NO2.C13H28NO2.C10H22NO2/c1-7-10-12-17(9-3,11-8-2)13-14-19-15(18)16(4,5)6;1-7-10-16(9-3,11-8-2)12-13-18-14(17)15(4,5)6;1-6-9-11-16(8-3,10-7-2)12-13-18-15(17)14(4)5;1-6-9-15(8-3,10-7-2)11-12-17-14(16)13(4)5;1-7-14(8-2,9-3)10-11-16-12(15)13(4,5)6;1-10(2,3)9(12)13-8-7-11(4,5)6/h7-14H2,1-6H3;7-13H2,1-6H3;14H,6-13H2,1-5H3;13H,6-12H2,1-5H3;7-11H2,1-6H3;7-8H2,1-6H3/q6*+1. The van der Waals surface area contributed by atoms with Gasteiger partial charge in [0, 0.05) is 0 Å². The second-order valence-electron chi connectivity index (χ2n) is 34.2. The van der Waals surface area contributed by atoms with Gasteiger partial charge in [0.1, 0.15) is 78.9 Å². The number of hydrogen-bond donors (Lipinski definition) is 0. The summed E-state index contributed by atoms with van der Waals surface area (Å²) in [4.78, 5) is 69.3. The van der Waals surface area contributed by atoms with Crippen molar-refractivity contribution in [2.75, 3.05) is 198 Å². The predicted molar refractivity (Wildman–Crippen MR) is 426 cm³/mol. The van der Waals surface area contributed by atoms with E-state index in [1.54, 1.807) is 0 Å². The molecule has 0 spiro atoms. The maximum Gasteiger partial charge on any atom is 0.311 e. The van der Waals surface area contributed by atoms with Crippen LogP contribution in [0.4, 0.5) is 0 Å². The Bertz CT molecular complexity index is 2060. The highest BCUT2D eigenvalue weighted by molar-refractivity contribution is 5.76. The molecule has 0 rings (SSSR count). The Morgan fingerprint density at radius 3 is 0.584 bits per heavy atom. The van der Waals surface area contributed by atoms with Gasteiger partial charge in [0.2, 0.25) is 0 Å². The fraction of sp³-hybridized carbons (Fsp3) is 0.928. The lowest BCUT2D eigenvalue weighted by Gasteiger charge is -2.37. The average molecular weight is 1450 g/mol. The number of carbonyl (C=O) groups excluding carboxylic acids is 6. The normalized spacial score (nSPS) is 13.3. The summed E-state index contributed by atoms with van der Waals surface area (Å²) in [7, 11) is 6.22. The molecule has 606 valence electrons. The molecule has 0 aliphatic rings. The molecular weight excluding hydrogens is 1270 g/mol. The Morgan fingerprint density at radius 1 is 0.248 bits per heavy atom. The summed E-state index contributed by atoms with van der Waals surface area (Å²) >= 11 is 0. The zero-order valence-electron chi connectivity index (χ0n) is 73.9. The topological polar surface area (TPSA) is 158 Å². The first-order valence-corrected chi connectivity index (χ1v) is 40.7. The quantitative estimate of drug-likeness (QED) is 0.0323. The van der Waals surface area contributed by atoms with Gasteiger partial charge in [0.15, 0.2) is 0 Å². The van der Waals surface area contributed by atoms with E-state index in [0.29, 0.717) is 39.6 Å². The van der Waals surface area contributed by atoms with E-state index in [1.165, 1.54) is 117 Å². The Hall–Kier alpha value is -3.42. The zero-order chi connectivity index (χ0) is 80.0. The largest absolute Gasteiger partial charge is 0.459 e. The molecule has 0 fully saturated rings. The van der Waals surface area contributed by atoms with Crippen LogP contribution in [0, 0.1) is 33.5 Å². The Morgan fingerprint density at radius 2 is 0.426 bits per heavy atom. The lowest BCUT2D eigenvalue weighted by atomic mass is 9.97. The number of rotatable bonds is 45. The first-order valence-electron chi connectivity index (χ1n) is 40.7. The summed E-state index contributed by atoms with van der Waals surface area (Å²) in [5.41, 5.74) is -1.56. The SMILES string of the molecule is CC(C)(C)C(=O)OCC[N+](C)(C)C.CCCC[N+](CC)(CCC)CCOC(=O)C(C)(C)C.CCCC[N+](CC)(CCC)CCOC(=O)C(C)C.CCC[N+](CC)(CCC)CCOC(=O)C(C)(C)C.CCC[N+](CC)(CCC)CCOC(=O)C(C)C.CC[N+](CC)(CC)CCOC(=O)C(C)(C)C. The third-order valence-electron chi connectivity index (χ3n) is 19.3. The Kier molecular flexibility index (Phi) is 62.1. The molecule has 18 heteroatoms. The molecule has 0 aliphatic heterocycles. The molecule has 0 heterocycles. The van der Waals surface area contributed by atoms with E-state index in [0.717, 1.165) is 112 Å². The van der Waals surface area contributed by atoms with Gasteiger partial charge >= 0.3 is 35.8 Å². The monoisotopic (exact) mass is 1450 g/mol. The molecule has 0 saturated heterocycles. The average Bonchev–Trinajstić information content (AvgIpc) is 0.901. The van der Waals surface area contributed by atoms with Gasteiger partial charge in [-0.1, -0.05) is 95.9 Å². The molecule has 2 unspecified atom stereocenters. The van der Waals surface area contributed by atoms with Crippen LogP contribution in [0.25, 0.3) is 0 Å². The van der Waals surface area contributed by atoms with E-state index in [-0.39, 0.29) is 58.5 Å². The molecule has 18 nitrogen and oxygen atoms in total. The zero-order valence-corrected chi connectivity index (χ0v) is 73.9. The fourth-order valence-electron chi connectivity index (χ4n) is 11.5. The third-order valence-corrected chi connectivity index (χ3v) is 19.3. The van der Waals surface area contributed by atoms with Crippen LogP contribution >= 0.6 is 0 Å². The van der Waals surface area contributed by atoms with Crippen LogP contribution in [0.3, 0.4) is 0 Å². The summed E-state index contributed by atoms with van der Waals surface area (Å²) in [6.07, 6.45) is 12.1. The van der Waals surface area contributed by atoms with Crippen LogP contribution in [0.1, 0.15) is 279 Å². The van der Waals surface area contributed by atoms with Gasteiger partial charge in [-0.15, -0.1) is 0 Å². The van der Waals surface area contributed by atoms with Crippen LogP contribution in [0.2, 0.25) is 0 Å². The van der Waals surface area contributed by atoms with Crippen molar-refractivity contribution in [2.24, 2.45) is 33.5 Å². The van der Waals surface area contributed by atoms with E-state index in [2.05, 4.69) is 125 Å². The lowest BCUT2D eigenvalue weighted by molar-refractivity contribution is -0.927. The molecule has 0 radical (unpaired) electrons.